The monoisotopic (exact) mass is 929 g/mol. The van der Waals surface area contributed by atoms with E-state index < -0.39 is 17.2 Å². The molecule has 3 unspecified atom stereocenters. The van der Waals surface area contributed by atoms with Crippen LogP contribution in [0, 0.1) is 24.7 Å². The van der Waals surface area contributed by atoms with E-state index in [-0.39, 0.29) is 64.1 Å². The number of rotatable bonds is 5. The molecule has 6 aliphatic rings. The summed E-state index contributed by atoms with van der Waals surface area (Å²) >= 11 is 0. The van der Waals surface area contributed by atoms with E-state index in [4.69, 9.17) is 32.8 Å². The van der Waals surface area contributed by atoms with Gasteiger partial charge in [0.2, 0.25) is 17.3 Å². The van der Waals surface area contributed by atoms with Crippen molar-refractivity contribution < 1.29 is 43.0 Å². The Bertz CT molecular complexity index is 3250. The lowest BCUT2D eigenvalue weighted by Gasteiger charge is -2.40. The van der Waals surface area contributed by atoms with Gasteiger partial charge in [-0.25, -0.2) is 0 Å². The Morgan fingerprint density at radius 1 is 0.557 bits per heavy atom. The molecule has 0 aromatic heterocycles. The van der Waals surface area contributed by atoms with Gasteiger partial charge in [0, 0.05) is 80.8 Å². The quantitative estimate of drug-likeness (QED) is 0.143. The normalized spacial score (nSPS) is 20.7. The van der Waals surface area contributed by atoms with Crippen LogP contribution in [-0.2, 0) is 14.2 Å². The minimum Gasteiger partial charge on any atom is -0.484 e. The summed E-state index contributed by atoms with van der Waals surface area (Å²) in [4.78, 5) is 76.4. The van der Waals surface area contributed by atoms with Crippen LogP contribution in [0.4, 0.5) is 11.4 Å². The van der Waals surface area contributed by atoms with E-state index in [1.807, 2.05) is 76.2 Å². The predicted octanol–water partition coefficient (Wildman–Crippen LogP) is 8.64. The second-order valence-electron chi connectivity index (χ2n) is 18.6. The molecule has 5 aromatic carbocycles. The molecule has 3 aliphatic carbocycles. The fourth-order valence-electron chi connectivity index (χ4n) is 9.52. The maximum absolute atomic E-state index is 13.2. The number of nitrogens with two attached hydrogens (primary N) is 1. The van der Waals surface area contributed by atoms with E-state index in [0.717, 1.165) is 22.5 Å². The Kier molecular flexibility index (Phi) is 12.1. The molecule has 3 heterocycles. The first-order valence-corrected chi connectivity index (χ1v) is 22.7. The summed E-state index contributed by atoms with van der Waals surface area (Å²) in [6.07, 6.45) is 11.7. The molecule has 0 saturated heterocycles. The first kappa shape index (κ1) is 46.5. The molecule has 0 saturated carbocycles. The molecule has 0 bridgehead atoms. The summed E-state index contributed by atoms with van der Waals surface area (Å²) < 4.78 is 17.3. The van der Waals surface area contributed by atoms with Crippen molar-refractivity contribution in [3.05, 3.63) is 200 Å². The molecular formula is C58H47N3O9. The van der Waals surface area contributed by atoms with Crippen molar-refractivity contribution in [2.45, 2.75) is 69.9 Å². The van der Waals surface area contributed by atoms with Gasteiger partial charge >= 0.3 is 0 Å². The zero-order chi connectivity index (χ0) is 49.6. The van der Waals surface area contributed by atoms with Gasteiger partial charge in [-0.05, 0) is 64.1 Å². The van der Waals surface area contributed by atoms with Crippen LogP contribution in [0.15, 0.2) is 155 Å². The lowest BCUT2D eigenvalue weighted by Crippen LogP contribution is -2.45. The number of ether oxygens (including phenoxy) is 3. The summed E-state index contributed by atoms with van der Waals surface area (Å²) in [6.45, 7) is 7.87. The molecule has 12 heteroatoms. The first-order chi connectivity index (χ1) is 33.5. The van der Waals surface area contributed by atoms with Crippen molar-refractivity contribution in [3.8, 4) is 24.7 Å². The molecule has 348 valence electrons. The van der Waals surface area contributed by atoms with Gasteiger partial charge in [-0.2, -0.15) is 0 Å². The summed E-state index contributed by atoms with van der Waals surface area (Å²) in [5, 5.41) is 6.72. The fraction of sp³-hybridized carbons (Fsp3) is 0.207. The molecule has 4 N–H and O–H groups in total. The number of carbonyl (C=O) groups excluding carboxylic acids is 6. The number of ketones is 6. The summed E-state index contributed by atoms with van der Waals surface area (Å²) in [5.74, 6) is 4.56. The number of nitrogens with one attached hydrogen (secondary N) is 2. The topological polar surface area (TPSA) is 180 Å². The van der Waals surface area contributed by atoms with Crippen molar-refractivity contribution in [1.82, 2.24) is 0 Å². The van der Waals surface area contributed by atoms with Crippen LogP contribution in [0.3, 0.4) is 0 Å². The van der Waals surface area contributed by atoms with Crippen molar-refractivity contribution in [1.29, 1.82) is 0 Å². The molecule has 70 heavy (non-hydrogen) atoms. The van der Waals surface area contributed by atoms with Crippen LogP contribution in [0.2, 0.25) is 0 Å². The second-order valence-corrected chi connectivity index (χ2v) is 18.6. The molecule has 12 nitrogen and oxygen atoms in total. The summed E-state index contributed by atoms with van der Waals surface area (Å²) in [6, 6.07) is 34.6. The molecule has 0 spiro atoms. The van der Waals surface area contributed by atoms with Gasteiger partial charge in [-0.3, -0.25) is 28.8 Å². The van der Waals surface area contributed by atoms with Crippen LogP contribution in [0.1, 0.15) is 114 Å². The number of terminal acetylenes is 2. The Hall–Kier alpha value is -8.58. The lowest BCUT2D eigenvalue weighted by atomic mass is 9.79. The Morgan fingerprint density at radius 3 is 1.50 bits per heavy atom. The van der Waals surface area contributed by atoms with Crippen LogP contribution >= 0.6 is 0 Å². The maximum atomic E-state index is 13.2. The number of hydrogen-bond acceptors (Lipinski definition) is 12. The third-order valence-electron chi connectivity index (χ3n) is 12.9. The van der Waals surface area contributed by atoms with Crippen molar-refractivity contribution in [3.63, 3.8) is 0 Å². The van der Waals surface area contributed by atoms with E-state index in [1.165, 1.54) is 0 Å². The third-order valence-corrected chi connectivity index (χ3v) is 12.9. The molecule has 5 aromatic rings. The highest BCUT2D eigenvalue weighted by atomic mass is 16.5. The second kappa shape index (κ2) is 18.1. The molecule has 11 rings (SSSR count). The minimum absolute atomic E-state index is 0.105. The number of carbonyl (C=O) groups is 6. The molecule has 0 fully saturated rings. The van der Waals surface area contributed by atoms with E-state index in [9.17, 15) is 28.8 Å². The smallest absolute Gasteiger partial charge is 0.228 e. The number of hydrogen-bond donors (Lipinski definition) is 3. The molecule has 0 amide bonds. The zero-order valence-electron chi connectivity index (χ0n) is 38.8. The van der Waals surface area contributed by atoms with Crippen molar-refractivity contribution >= 4 is 46.1 Å². The average molecular weight is 930 g/mol. The van der Waals surface area contributed by atoms with Crippen LogP contribution in [0.5, 0.6) is 0 Å². The number of anilines is 2. The Labute approximate surface area is 405 Å². The van der Waals surface area contributed by atoms with E-state index in [1.54, 1.807) is 72.8 Å². The molecule has 3 aliphatic heterocycles. The third kappa shape index (κ3) is 8.40. The number of fused-ring (bicyclic) bond motifs is 3. The van der Waals surface area contributed by atoms with Crippen molar-refractivity contribution in [2.75, 3.05) is 17.2 Å². The van der Waals surface area contributed by atoms with Crippen LogP contribution in [-0.4, -0.2) is 70.6 Å². The van der Waals surface area contributed by atoms with Gasteiger partial charge < -0.3 is 30.6 Å². The van der Waals surface area contributed by atoms with E-state index in [0.29, 0.717) is 69.5 Å². The highest BCUT2D eigenvalue weighted by Crippen LogP contribution is 2.43. The fourth-order valence-corrected chi connectivity index (χ4v) is 9.52. The van der Waals surface area contributed by atoms with Gasteiger partial charge in [0.15, 0.2) is 34.6 Å². The van der Waals surface area contributed by atoms with E-state index >= 15 is 0 Å². The Balaban J connectivity index is 0.000000134. The SMILES string of the molecule is C#Cc1cccc(NC2C3=C(OC2(C)C)C(=O)c2ccccc2C3=O)c1.C#Cc1cccc(NC2CC(C)(C)OC3=C2C(=O)c2ccccc2C3=O)c1.NCC1CC2=C(O1)C(=O)c1ccccc1C2=O. The van der Waals surface area contributed by atoms with Gasteiger partial charge in [0.05, 0.1) is 23.2 Å². The molecule has 3 atom stereocenters. The Morgan fingerprint density at radius 2 is 1.00 bits per heavy atom. The highest BCUT2D eigenvalue weighted by molar-refractivity contribution is 6.28. The van der Waals surface area contributed by atoms with Crippen LogP contribution < -0.4 is 16.4 Å². The minimum atomic E-state index is -0.760. The first-order valence-electron chi connectivity index (χ1n) is 22.7. The van der Waals surface area contributed by atoms with Gasteiger partial charge in [-0.1, -0.05) is 96.8 Å². The maximum Gasteiger partial charge on any atom is 0.228 e. The van der Waals surface area contributed by atoms with E-state index in [2.05, 4.69) is 22.5 Å². The summed E-state index contributed by atoms with van der Waals surface area (Å²) in [7, 11) is 0. The van der Waals surface area contributed by atoms with Gasteiger partial charge in [-0.15, -0.1) is 12.8 Å². The van der Waals surface area contributed by atoms with Gasteiger partial charge in [0.25, 0.3) is 0 Å². The average Bonchev–Trinajstić information content (AvgIpc) is 3.93. The lowest BCUT2D eigenvalue weighted by molar-refractivity contribution is 0.00749. The highest BCUT2D eigenvalue weighted by Gasteiger charge is 2.51. The zero-order valence-corrected chi connectivity index (χ0v) is 38.8. The predicted molar refractivity (Wildman–Crippen MR) is 263 cm³/mol. The number of allylic oxidation sites excluding steroid dienone is 3. The molecule has 0 radical (unpaired) electrons. The van der Waals surface area contributed by atoms with Crippen LogP contribution in [0.25, 0.3) is 0 Å². The van der Waals surface area contributed by atoms with Crippen molar-refractivity contribution in [2.24, 2.45) is 5.73 Å². The summed E-state index contributed by atoms with van der Waals surface area (Å²) in [5.41, 5.74) is 11.0. The number of benzene rings is 5. The van der Waals surface area contributed by atoms with Gasteiger partial charge in [0.1, 0.15) is 17.3 Å². The molecular weight excluding hydrogens is 883 g/mol. The standard InChI is InChI=1S/C23H19NO3.C22H17NO3.C13H11NO3/c1-4-14-8-7-9-15(12-14)24-18-13-23(2,3)27-22-19(18)20(25)16-10-5-6-11-17(16)21(22)26;1-4-13-8-7-9-14(12-13)23-21-17-18(24)15-10-5-6-11-16(15)19(25)20(17)26-22(21,2)3;14-6-7-5-10-11(15)8-3-1-2-4-9(8)12(16)13(10)17-7/h1,5-12,18,24H,13H2,2-3H3;1,5-12,21,23H,2-3H3;1-4,7H,5-6,14H2. The number of Topliss-reactive ketones (excluding diaryl/α,β-unsaturated/α-hetero) is 6. The largest absolute Gasteiger partial charge is 0.484 e.